The van der Waals surface area contributed by atoms with Crippen LogP contribution in [0, 0.1) is 5.92 Å². The number of sulfone groups is 1. The molecule has 0 aromatic heterocycles. The predicted molar refractivity (Wildman–Crippen MR) is 54.7 cm³/mol. The summed E-state index contributed by atoms with van der Waals surface area (Å²) in [6.07, 6.45) is 3.69. The Kier molecular flexibility index (Phi) is 2.76. The van der Waals surface area contributed by atoms with Gasteiger partial charge in [-0.3, -0.25) is 0 Å². The van der Waals surface area contributed by atoms with Crippen LogP contribution in [0.15, 0.2) is 34.1 Å². The SMILES string of the molecule is CC1=CS(=O)(=O)C=C(C(C)C)C=C1. The Morgan fingerprint density at radius 3 is 2.31 bits per heavy atom. The third kappa shape index (κ3) is 2.84. The maximum atomic E-state index is 11.4. The molecular weight excluding hydrogens is 184 g/mol. The molecule has 72 valence electrons. The summed E-state index contributed by atoms with van der Waals surface area (Å²) in [6, 6.07) is 0. The third-order valence-corrected chi connectivity index (χ3v) is 3.16. The molecule has 1 aliphatic heterocycles. The summed E-state index contributed by atoms with van der Waals surface area (Å²) in [7, 11) is -3.15. The maximum Gasteiger partial charge on any atom is 0.193 e. The van der Waals surface area contributed by atoms with Crippen LogP contribution in [0.3, 0.4) is 0 Å². The first-order valence-electron chi connectivity index (χ1n) is 4.24. The van der Waals surface area contributed by atoms with Gasteiger partial charge in [-0.15, -0.1) is 0 Å². The van der Waals surface area contributed by atoms with E-state index in [1.165, 1.54) is 10.8 Å². The van der Waals surface area contributed by atoms with Gasteiger partial charge in [-0.1, -0.05) is 26.0 Å². The molecule has 0 bridgehead atoms. The Balaban J connectivity index is 3.20. The maximum absolute atomic E-state index is 11.4. The van der Waals surface area contributed by atoms with Crippen LogP contribution in [0.5, 0.6) is 0 Å². The highest BCUT2D eigenvalue weighted by Crippen LogP contribution is 2.18. The second kappa shape index (κ2) is 3.50. The van der Waals surface area contributed by atoms with Gasteiger partial charge >= 0.3 is 0 Å². The second-order valence-corrected chi connectivity index (χ2v) is 5.21. The van der Waals surface area contributed by atoms with Crippen molar-refractivity contribution in [2.45, 2.75) is 20.8 Å². The molecule has 0 aliphatic carbocycles. The van der Waals surface area contributed by atoms with Crippen LogP contribution < -0.4 is 0 Å². The zero-order chi connectivity index (χ0) is 10.1. The smallest absolute Gasteiger partial charge is 0.193 e. The highest BCUT2D eigenvalue weighted by Gasteiger charge is 2.10. The summed E-state index contributed by atoms with van der Waals surface area (Å²) in [6.45, 7) is 5.74. The van der Waals surface area contributed by atoms with E-state index in [9.17, 15) is 8.42 Å². The van der Waals surface area contributed by atoms with E-state index in [0.29, 0.717) is 0 Å². The molecule has 0 fully saturated rings. The van der Waals surface area contributed by atoms with Gasteiger partial charge in [-0.25, -0.2) is 8.42 Å². The van der Waals surface area contributed by atoms with E-state index in [1.54, 1.807) is 6.92 Å². The van der Waals surface area contributed by atoms with Crippen molar-refractivity contribution >= 4 is 9.84 Å². The molecule has 1 rings (SSSR count). The van der Waals surface area contributed by atoms with Crippen molar-refractivity contribution in [2.24, 2.45) is 5.92 Å². The highest BCUT2D eigenvalue weighted by atomic mass is 32.2. The number of rotatable bonds is 1. The minimum atomic E-state index is -3.15. The van der Waals surface area contributed by atoms with Gasteiger partial charge in [0.25, 0.3) is 0 Å². The Morgan fingerprint density at radius 2 is 1.77 bits per heavy atom. The van der Waals surface area contributed by atoms with Crippen molar-refractivity contribution in [3.05, 3.63) is 34.1 Å². The molecule has 0 spiro atoms. The predicted octanol–water partition coefficient (Wildman–Crippen LogP) is 2.41. The quantitative estimate of drug-likeness (QED) is 0.648. The summed E-state index contributed by atoms with van der Waals surface area (Å²) in [5.41, 5.74) is 1.63. The molecule has 0 unspecified atom stereocenters. The Bertz CT molecular complexity index is 381. The van der Waals surface area contributed by atoms with E-state index in [4.69, 9.17) is 0 Å². The molecule has 0 amide bonds. The van der Waals surface area contributed by atoms with Crippen molar-refractivity contribution < 1.29 is 8.42 Å². The summed E-state index contributed by atoms with van der Waals surface area (Å²) in [4.78, 5) is 0. The first-order valence-corrected chi connectivity index (χ1v) is 5.85. The normalized spacial score (nSPS) is 20.9. The van der Waals surface area contributed by atoms with Gasteiger partial charge in [0.1, 0.15) is 0 Å². The number of allylic oxidation sites excluding steroid dienone is 4. The summed E-state index contributed by atoms with van der Waals surface area (Å²) in [5.74, 6) is 0.241. The van der Waals surface area contributed by atoms with Gasteiger partial charge in [0, 0.05) is 10.8 Å². The molecule has 0 saturated carbocycles. The zero-order valence-corrected chi connectivity index (χ0v) is 8.93. The van der Waals surface area contributed by atoms with Gasteiger partial charge < -0.3 is 0 Å². The summed E-state index contributed by atoms with van der Waals surface area (Å²) in [5, 5.41) is 2.63. The van der Waals surface area contributed by atoms with E-state index in [0.717, 1.165) is 11.1 Å². The molecule has 0 saturated heterocycles. The van der Waals surface area contributed by atoms with Gasteiger partial charge in [-0.2, -0.15) is 0 Å². The molecule has 13 heavy (non-hydrogen) atoms. The first-order chi connectivity index (χ1) is 5.91. The van der Waals surface area contributed by atoms with Crippen LogP contribution in [-0.4, -0.2) is 8.42 Å². The molecule has 1 aliphatic rings. The van der Waals surface area contributed by atoms with Crippen molar-refractivity contribution in [1.82, 2.24) is 0 Å². The van der Waals surface area contributed by atoms with Crippen molar-refractivity contribution in [2.75, 3.05) is 0 Å². The van der Waals surface area contributed by atoms with Crippen LogP contribution in [0.25, 0.3) is 0 Å². The van der Waals surface area contributed by atoms with Crippen LogP contribution in [0.4, 0.5) is 0 Å². The fourth-order valence-corrected chi connectivity index (χ4v) is 2.51. The van der Waals surface area contributed by atoms with E-state index in [-0.39, 0.29) is 5.92 Å². The monoisotopic (exact) mass is 198 g/mol. The largest absolute Gasteiger partial charge is 0.220 e. The standard InChI is InChI=1S/C10H14O2S/c1-8(2)10-5-4-9(3)6-13(11,12)7-10/h4-8H,1-3H3. The topological polar surface area (TPSA) is 34.1 Å². The lowest BCUT2D eigenvalue weighted by molar-refractivity contribution is 0.611. The second-order valence-electron chi connectivity index (χ2n) is 3.56. The van der Waals surface area contributed by atoms with Gasteiger partial charge in [0.15, 0.2) is 9.84 Å². The molecule has 0 aromatic carbocycles. The van der Waals surface area contributed by atoms with Crippen LogP contribution in [-0.2, 0) is 9.84 Å². The molecule has 0 atom stereocenters. The molecule has 2 nitrogen and oxygen atoms in total. The lowest BCUT2D eigenvalue weighted by atomic mass is 10.0. The summed E-state index contributed by atoms with van der Waals surface area (Å²) >= 11 is 0. The molecular formula is C10H14O2S. The van der Waals surface area contributed by atoms with E-state index in [1.807, 2.05) is 26.0 Å². The van der Waals surface area contributed by atoms with Crippen molar-refractivity contribution in [3.63, 3.8) is 0 Å². The van der Waals surface area contributed by atoms with Crippen LogP contribution in [0.2, 0.25) is 0 Å². The zero-order valence-electron chi connectivity index (χ0n) is 8.11. The van der Waals surface area contributed by atoms with Gasteiger partial charge in [-0.05, 0) is 24.0 Å². The average Bonchev–Trinajstić information content (AvgIpc) is 2.07. The fourth-order valence-electron chi connectivity index (χ4n) is 1.12. The lowest BCUT2D eigenvalue weighted by Crippen LogP contribution is -1.95. The van der Waals surface area contributed by atoms with Gasteiger partial charge in [0.2, 0.25) is 0 Å². The van der Waals surface area contributed by atoms with Crippen molar-refractivity contribution in [3.8, 4) is 0 Å². The van der Waals surface area contributed by atoms with Gasteiger partial charge in [0.05, 0.1) is 0 Å². The first kappa shape index (κ1) is 10.3. The van der Waals surface area contributed by atoms with E-state index in [2.05, 4.69) is 0 Å². The Morgan fingerprint density at radius 1 is 1.15 bits per heavy atom. The van der Waals surface area contributed by atoms with Crippen LogP contribution in [0.1, 0.15) is 20.8 Å². The molecule has 1 heterocycles. The number of hydrogen-bond acceptors (Lipinski definition) is 2. The fraction of sp³-hybridized carbons (Fsp3) is 0.400. The van der Waals surface area contributed by atoms with Crippen LogP contribution >= 0.6 is 0 Å². The minimum absolute atomic E-state index is 0.241. The number of hydrogen-bond donors (Lipinski definition) is 0. The van der Waals surface area contributed by atoms with Crippen molar-refractivity contribution in [1.29, 1.82) is 0 Å². The molecule has 0 radical (unpaired) electrons. The molecule has 0 N–H and O–H groups in total. The Hall–Kier alpha value is -0.830. The highest BCUT2D eigenvalue weighted by molar-refractivity contribution is 7.97. The average molecular weight is 198 g/mol. The summed E-state index contributed by atoms with van der Waals surface area (Å²) < 4.78 is 22.8. The lowest BCUT2D eigenvalue weighted by Gasteiger charge is -2.03. The molecule has 3 heteroatoms. The Labute approximate surface area is 79.6 Å². The minimum Gasteiger partial charge on any atom is -0.220 e. The third-order valence-electron chi connectivity index (χ3n) is 1.86. The molecule has 0 aromatic rings. The van der Waals surface area contributed by atoms with E-state index >= 15 is 0 Å². The van der Waals surface area contributed by atoms with E-state index < -0.39 is 9.84 Å².